The third-order valence-electron chi connectivity index (χ3n) is 4.95. The maximum Gasteiger partial charge on any atom is 0.323 e. The molecule has 4 rings (SSSR count). The molecular weight excluding hydrogens is 374 g/mol. The van der Waals surface area contributed by atoms with Crippen molar-refractivity contribution in [2.75, 3.05) is 10.6 Å². The average Bonchev–Trinajstić information content (AvgIpc) is 3.20. The molecule has 0 aliphatic rings. The number of aromatic nitrogens is 1. The largest absolute Gasteiger partial charge is 0.444 e. The summed E-state index contributed by atoms with van der Waals surface area (Å²) >= 11 is 0. The van der Waals surface area contributed by atoms with Crippen LogP contribution < -0.4 is 10.6 Å². The topological polar surface area (TPSA) is 67.2 Å². The summed E-state index contributed by atoms with van der Waals surface area (Å²) in [5.74, 6) is 0.542. The van der Waals surface area contributed by atoms with Gasteiger partial charge in [0.2, 0.25) is 5.89 Å². The summed E-state index contributed by atoms with van der Waals surface area (Å²) in [6, 6.07) is 21.0. The fraction of sp³-hybridized carbons (Fsp3) is 0.120. The highest BCUT2D eigenvalue weighted by Gasteiger charge is 2.11. The van der Waals surface area contributed by atoms with Gasteiger partial charge >= 0.3 is 6.03 Å². The van der Waals surface area contributed by atoms with Crippen LogP contribution in [0.4, 0.5) is 16.2 Å². The molecule has 0 saturated heterocycles. The van der Waals surface area contributed by atoms with E-state index in [1.807, 2.05) is 55.5 Å². The second-order valence-electron chi connectivity index (χ2n) is 7.33. The van der Waals surface area contributed by atoms with Gasteiger partial charge in [0.25, 0.3) is 0 Å². The van der Waals surface area contributed by atoms with Crippen LogP contribution in [0.2, 0.25) is 0 Å². The van der Waals surface area contributed by atoms with Gasteiger partial charge in [-0.15, -0.1) is 0 Å². The summed E-state index contributed by atoms with van der Waals surface area (Å²) in [6.45, 7) is 6.09. The number of aryl methyl sites for hydroxylation is 3. The Hall–Kier alpha value is -3.86. The molecule has 0 radical (unpaired) electrons. The average molecular weight is 397 g/mol. The van der Waals surface area contributed by atoms with Crippen molar-refractivity contribution >= 4 is 17.4 Å². The highest BCUT2D eigenvalue weighted by atomic mass is 16.3. The smallest absolute Gasteiger partial charge is 0.323 e. The molecule has 5 heteroatoms. The van der Waals surface area contributed by atoms with Crippen molar-refractivity contribution in [3.63, 3.8) is 0 Å². The van der Waals surface area contributed by atoms with Crippen molar-refractivity contribution in [2.45, 2.75) is 20.8 Å². The number of carbonyl (C=O) groups excluding carboxylic acids is 1. The number of nitrogens with zero attached hydrogens (tertiary/aromatic N) is 1. The van der Waals surface area contributed by atoms with Gasteiger partial charge in [0.15, 0.2) is 0 Å². The first-order chi connectivity index (χ1) is 14.5. The molecule has 4 aromatic rings. The Morgan fingerprint density at radius 1 is 0.867 bits per heavy atom. The number of carbonyl (C=O) groups is 1. The maximum absolute atomic E-state index is 12.3. The second-order valence-corrected chi connectivity index (χ2v) is 7.33. The minimum Gasteiger partial charge on any atom is -0.444 e. The number of anilines is 2. The van der Waals surface area contributed by atoms with Crippen LogP contribution in [0.15, 0.2) is 77.4 Å². The summed E-state index contributed by atoms with van der Waals surface area (Å²) < 4.78 is 5.69. The lowest BCUT2D eigenvalue weighted by Crippen LogP contribution is -2.19. The third kappa shape index (κ3) is 4.25. The van der Waals surface area contributed by atoms with E-state index in [4.69, 9.17) is 4.42 Å². The lowest BCUT2D eigenvalue weighted by atomic mass is 10.0. The number of amides is 2. The molecule has 0 fully saturated rings. The van der Waals surface area contributed by atoms with Crippen LogP contribution in [0, 0.1) is 20.8 Å². The summed E-state index contributed by atoms with van der Waals surface area (Å²) in [6.07, 6.45) is 1.68. The summed E-state index contributed by atoms with van der Waals surface area (Å²) in [7, 11) is 0. The van der Waals surface area contributed by atoms with Gasteiger partial charge in [-0.1, -0.05) is 42.0 Å². The lowest BCUT2D eigenvalue weighted by molar-refractivity contribution is 0.262. The van der Waals surface area contributed by atoms with E-state index in [0.29, 0.717) is 11.6 Å². The number of urea groups is 1. The molecule has 0 saturated carbocycles. The molecule has 150 valence electrons. The van der Waals surface area contributed by atoms with E-state index in [9.17, 15) is 4.79 Å². The zero-order valence-electron chi connectivity index (χ0n) is 17.2. The van der Waals surface area contributed by atoms with Crippen LogP contribution in [0.25, 0.3) is 22.7 Å². The SMILES string of the molecule is Cc1ccc(-c2coc(-c3ccc(NC(=O)Nc4ccccc4C)cc3)n2)c(C)c1. The van der Waals surface area contributed by atoms with Crippen LogP contribution in [-0.2, 0) is 0 Å². The molecule has 0 bridgehead atoms. The van der Waals surface area contributed by atoms with Crippen molar-refractivity contribution in [1.29, 1.82) is 0 Å². The molecule has 0 aliphatic carbocycles. The fourth-order valence-electron chi connectivity index (χ4n) is 3.32. The van der Waals surface area contributed by atoms with Crippen LogP contribution in [-0.4, -0.2) is 11.0 Å². The Kier molecular flexibility index (Phi) is 5.35. The minimum atomic E-state index is -0.287. The fourth-order valence-corrected chi connectivity index (χ4v) is 3.32. The van der Waals surface area contributed by atoms with Gasteiger partial charge in [0, 0.05) is 22.5 Å². The quantitative estimate of drug-likeness (QED) is 0.409. The zero-order chi connectivity index (χ0) is 21.1. The van der Waals surface area contributed by atoms with E-state index in [1.54, 1.807) is 6.26 Å². The van der Waals surface area contributed by atoms with E-state index in [2.05, 4.69) is 47.7 Å². The molecular formula is C25H23N3O2. The van der Waals surface area contributed by atoms with Crippen LogP contribution >= 0.6 is 0 Å². The molecule has 1 heterocycles. The highest BCUT2D eigenvalue weighted by molar-refractivity contribution is 6.00. The van der Waals surface area contributed by atoms with Gasteiger partial charge in [-0.25, -0.2) is 9.78 Å². The van der Waals surface area contributed by atoms with Crippen LogP contribution in [0.5, 0.6) is 0 Å². The zero-order valence-corrected chi connectivity index (χ0v) is 17.2. The van der Waals surface area contributed by atoms with Gasteiger partial charge in [-0.05, 0) is 62.2 Å². The predicted molar refractivity (Wildman–Crippen MR) is 121 cm³/mol. The lowest BCUT2D eigenvalue weighted by Gasteiger charge is -2.09. The van der Waals surface area contributed by atoms with Crippen molar-refractivity contribution in [2.24, 2.45) is 0 Å². The van der Waals surface area contributed by atoms with E-state index in [-0.39, 0.29) is 6.03 Å². The number of hydrogen-bond donors (Lipinski definition) is 2. The Bertz CT molecular complexity index is 1190. The van der Waals surface area contributed by atoms with Gasteiger partial charge in [0.05, 0.1) is 0 Å². The van der Waals surface area contributed by atoms with Gasteiger partial charge in [-0.3, -0.25) is 0 Å². The molecule has 5 nitrogen and oxygen atoms in total. The number of hydrogen-bond acceptors (Lipinski definition) is 3. The number of para-hydroxylation sites is 1. The minimum absolute atomic E-state index is 0.287. The van der Waals surface area contributed by atoms with Gasteiger partial charge in [0.1, 0.15) is 12.0 Å². The Balaban J connectivity index is 1.46. The Labute approximate surface area is 175 Å². The second kappa shape index (κ2) is 8.25. The number of rotatable bonds is 4. The Morgan fingerprint density at radius 2 is 1.63 bits per heavy atom. The van der Waals surface area contributed by atoms with Crippen molar-refractivity contribution in [3.05, 3.63) is 89.7 Å². The molecule has 0 spiro atoms. The van der Waals surface area contributed by atoms with E-state index in [0.717, 1.165) is 33.6 Å². The summed E-state index contributed by atoms with van der Waals surface area (Å²) in [4.78, 5) is 16.9. The molecule has 2 amide bonds. The molecule has 0 unspecified atom stereocenters. The number of nitrogens with one attached hydrogen (secondary N) is 2. The molecule has 3 aromatic carbocycles. The maximum atomic E-state index is 12.3. The monoisotopic (exact) mass is 397 g/mol. The van der Waals surface area contributed by atoms with Crippen LogP contribution in [0.3, 0.4) is 0 Å². The van der Waals surface area contributed by atoms with E-state index in [1.165, 1.54) is 5.56 Å². The molecule has 0 aliphatic heterocycles. The molecule has 2 N–H and O–H groups in total. The third-order valence-corrected chi connectivity index (χ3v) is 4.95. The standard InChI is InChI=1S/C25H23N3O2/c1-16-8-13-21(18(3)14-16)23-15-30-24(27-23)19-9-11-20(12-10-19)26-25(29)28-22-7-5-4-6-17(22)2/h4-15H,1-3H3,(H2,26,28,29). The first-order valence-electron chi connectivity index (χ1n) is 9.77. The first-order valence-corrected chi connectivity index (χ1v) is 9.77. The van der Waals surface area contributed by atoms with Crippen LogP contribution in [0.1, 0.15) is 16.7 Å². The van der Waals surface area contributed by atoms with Crippen molar-refractivity contribution in [3.8, 4) is 22.7 Å². The normalized spacial score (nSPS) is 10.6. The number of benzene rings is 3. The summed E-state index contributed by atoms with van der Waals surface area (Å²) in [5.41, 5.74) is 7.56. The first kappa shape index (κ1) is 19.5. The van der Waals surface area contributed by atoms with E-state index >= 15 is 0 Å². The van der Waals surface area contributed by atoms with Crippen molar-refractivity contribution < 1.29 is 9.21 Å². The van der Waals surface area contributed by atoms with E-state index < -0.39 is 0 Å². The Morgan fingerprint density at radius 3 is 2.37 bits per heavy atom. The number of oxazole rings is 1. The van der Waals surface area contributed by atoms with Gasteiger partial charge in [-0.2, -0.15) is 0 Å². The highest BCUT2D eigenvalue weighted by Crippen LogP contribution is 2.28. The summed E-state index contributed by atoms with van der Waals surface area (Å²) in [5, 5.41) is 5.69. The van der Waals surface area contributed by atoms with Gasteiger partial charge < -0.3 is 15.1 Å². The molecule has 0 atom stereocenters. The molecule has 30 heavy (non-hydrogen) atoms. The predicted octanol–water partition coefficient (Wildman–Crippen LogP) is 6.58. The molecule has 1 aromatic heterocycles. The van der Waals surface area contributed by atoms with Crippen molar-refractivity contribution in [1.82, 2.24) is 4.98 Å².